The number of carbonyl (C=O) groups excluding carboxylic acids is 2. The van der Waals surface area contributed by atoms with Crippen molar-refractivity contribution >= 4 is 17.5 Å². The molecule has 2 aliphatic heterocycles. The highest BCUT2D eigenvalue weighted by Gasteiger charge is 2.38. The molecule has 2 aliphatic rings. The van der Waals surface area contributed by atoms with E-state index in [0.717, 1.165) is 32.4 Å². The predicted molar refractivity (Wildman–Crippen MR) is 108 cm³/mol. The molecule has 2 heterocycles. The second-order valence-electron chi connectivity index (χ2n) is 7.32. The first-order valence-electron chi connectivity index (χ1n) is 9.75. The Labute approximate surface area is 164 Å². The summed E-state index contributed by atoms with van der Waals surface area (Å²) < 4.78 is 5.13. The van der Waals surface area contributed by atoms with Gasteiger partial charge in [-0.3, -0.25) is 9.59 Å². The summed E-state index contributed by atoms with van der Waals surface area (Å²) >= 11 is 0. The van der Waals surface area contributed by atoms with E-state index in [2.05, 4.69) is 10.6 Å². The van der Waals surface area contributed by atoms with Crippen molar-refractivity contribution in [1.29, 1.82) is 0 Å². The van der Waals surface area contributed by atoms with Gasteiger partial charge in [0.1, 0.15) is 5.75 Å². The first-order valence-corrected chi connectivity index (χ1v) is 9.75. The van der Waals surface area contributed by atoms with E-state index in [4.69, 9.17) is 4.74 Å². The summed E-state index contributed by atoms with van der Waals surface area (Å²) in [4.78, 5) is 28.1. The van der Waals surface area contributed by atoms with E-state index >= 15 is 0 Å². The fourth-order valence-corrected chi connectivity index (χ4v) is 4.17. The molecule has 2 N–H and O–H groups in total. The highest BCUT2D eigenvalue weighted by Crippen LogP contribution is 2.31. The van der Waals surface area contributed by atoms with Crippen molar-refractivity contribution < 1.29 is 14.3 Å². The van der Waals surface area contributed by atoms with Crippen LogP contribution in [0.4, 0.5) is 5.69 Å². The molecule has 2 saturated heterocycles. The van der Waals surface area contributed by atoms with Crippen LogP contribution in [0.5, 0.6) is 5.75 Å². The lowest BCUT2D eigenvalue weighted by Crippen LogP contribution is -2.42. The topological polar surface area (TPSA) is 70.7 Å². The maximum absolute atomic E-state index is 13.4. The number of hydrogen-bond acceptors (Lipinski definition) is 4. The van der Waals surface area contributed by atoms with E-state index in [9.17, 15) is 9.59 Å². The van der Waals surface area contributed by atoms with Gasteiger partial charge >= 0.3 is 0 Å². The smallest absolute Gasteiger partial charge is 0.256 e. The average molecular weight is 379 g/mol. The summed E-state index contributed by atoms with van der Waals surface area (Å²) in [7, 11) is 1.59. The minimum absolute atomic E-state index is 0.00170. The van der Waals surface area contributed by atoms with E-state index < -0.39 is 0 Å². The third kappa shape index (κ3) is 3.60. The average Bonchev–Trinajstić information content (AvgIpc) is 3.00. The van der Waals surface area contributed by atoms with Crippen molar-refractivity contribution in [3.8, 4) is 5.75 Å². The SMILES string of the molecule is COc1ccc(C(=O)Nc2ccccc2C(=O)N2C3CCNCC2CC3)cc1. The fourth-order valence-electron chi connectivity index (χ4n) is 4.17. The summed E-state index contributed by atoms with van der Waals surface area (Å²) in [6.45, 7) is 1.78. The van der Waals surface area contributed by atoms with Crippen molar-refractivity contribution in [2.75, 3.05) is 25.5 Å². The van der Waals surface area contributed by atoms with Gasteiger partial charge in [-0.2, -0.15) is 0 Å². The number of ether oxygens (including phenoxy) is 1. The second kappa shape index (κ2) is 8.02. The van der Waals surface area contributed by atoms with E-state index in [1.165, 1.54) is 0 Å². The van der Waals surface area contributed by atoms with E-state index in [-0.39, 0.29) is 23.9 Å². The Balaban J connectivity index is 1.56. The summed E-state index contributed by atoms with van der Waals surface area (Å²) in [5, 5.41) is 6.33. The summed E-state index contributed by atoms with van der Waals surface area (Å²) in [5.41, 5.74) is 1.61. The number of nitrogens with one attached hydrogen (secondary N) is 2. The summed E-state index contributed by atoms with van der Waals surface area (Å²) in [6, 6.07) is 14.7. The summed E-state index contributed by atoms with van der Waals surface area (Å²) in [5.74, 6) is 0.447. The Morgan fingerprint density at radius 3 is 2.57 bits per heavy atom. The second-order valence-corrected chi connectivity index (χ2v) is 7.32. The molecule has 0 spiro atoms. The van der Waals surface area contributed by atoms with Crippen LogP contribution in [0, 0.1) is 0 Å². The predicted octanol–water partition coefficient (Wildman–Crippen LogP) is 2.91. The van der Waals surface area contributed by atoms with Crippen LogP contribution < -0.4 is 15.4 Å². The van der Waals surface area contributed by atoms with Crippen molar-refractivity contribution in [3.63, 3.8) is 0 Å². The number of carbonyl (C=O) groups is 2. The minimum Gasteiger partial charge on any atom is -0.497 e. The molecule has 28 heavy (non-hydrogen) atoms. The molecule has 2 unspecified atom stereocenters. The number of nitrogens with zero attached hydrogens (tertiary/aromatic N) is 1. The molecule has 0 radical (unpaired) electrons. The quantitative estimate of drug-likeness (QED) is 0.857. The van der Waals surface area contributed by atoms with E-state index in [0.29, 0.717) is 22.6 Å². The Hall–Kier alpha value is -2.86. The number of fused-ring (bicyclic) bond motifs is 2. The van der Waals surface area contributed by atoms with Crippen LogP contribution >= 0.6 is 0 Å². The summed E-state index contributed by atoms with van der Waals surface area (Å²) in [6.07, 6.45) is 3.06. The van der Waals surface area contributed by atoms with Crippen LogP contribution in [0.15, 0.2) is 48.5 Å². The van der Waals surface area contributed by atoms with Gasteiger partial charge in [0, 0.05) is 24.2 Å². The van der Waals surface area contributed by atoms with Crippen molar-refractivity contribution in [2.24, 2.45) is 0 Å². The lowest BCUT2D eigenvalue weighted by Gasteiger charge is -2.28. The number of methoxy groups -OCH3 is 1. The normalized spacial score (nSPS) is 21.1. The van der Waals surface area contributed by atoms with Crippen LogP contribution in [-0.2, 0) is 0 Å². The van der Waals surface area contributed by atoms with Gasteiger partial charge in [0.2, 0.25) is 0 Å². The van der Waals surface area contributed by atoms with E-state index in [1.54, 1.807) is 43.5 Å². The maximum atomic E-state index is 13.4. The van der Waals surface area contributed by atoms with Crippen LogP contribution in [-0.4, -0.2) is 49.0 Å². The van der Waals surface area contributed by atoms with Gasteiger partial charge in [-0.1, -0.05) is 12.1 Å². The van der Waals surface area contributed by atoms with Gasteiger partial charge in [-0.25, -0.2) is 0 Å². The number of amides is 2. The Morgan fingerprint density at radius 2 is 1.79 bits per heavy atom. The molecule has 6 nitrogen and oxygen atoms in total. The van der Waals surface area contributed by atoms with Crippen LogP contribution in [0.2, 0.25) is 0 Å². The molecule has 4 rings (SSSR count). The molecule has 2 atom stereocenters. The first kappa shape index (κ1) is 18.5. The zero-order chi connectivity index (χ0) is 19.5. The third-order valence-corrected chi connectivity index (χ3v) is 5.65. The van der Waals surface area contributed by atoms with Gasteiger partial charge in [-0.05, 0) is 62.2 Å². The fraction of sp³-hybridized carbons (Fsp3) is 0.364. The molecule has 2 aromatic rings. The van der Waals surface area contributed by atoms with Gasteiger partial charge in [-0.15, -0.1) is 0 Å². The van der Waals surface area contributed by atoms with Gasteiger partial charge < -0.3 is 20.3 Å². The van der Waals surface area contributed by atoms with Crippen LogP contribution in [0.3, 0.4) is 0 Å². The Morgan fingerprint density at radius 1 is 1.04 bits per heavy atom. The molecular formula is C22H25N3O3. The molecule has 6 heteroatoms. The van der Waals surface area contributed by atoms with Crippen LogP contribution in [0.25, 0.3) is 0 Å². The largest absolute Gasteiger partial charge is 0.497 e. The highest BCUT2D eigenvalue weighted by atomic mass is 16.5. The van der Waals surface area contributed by atoms with E-state index in [1.807, 2.05) is 17.0 Å². The molecule has 2 amide bonds. The zero-order valence-electron chi connectivity index (χ0n) is 16.0. The molecule has 146 valence electrons. The Kier molecular flexibility index (Phi) is 5.30. The molecule has 0 aliphatic carbocycles. The maximum Gasteiger partial charge on any atom is 0.256 e. The molecule has 2 aromatic carbocycles. The lowest BCUT2D eigenvalue weighted by molar-refractivity contribution is 0.0681. The molecule has 2 bridgehead atoms. The standard InChI is InChI=1S/C22H25N3O3/c1-28-18-10-6-15(7-11-18)21(26)24-20-5-3-2-4-19(20)22(27)25-16-8-9-17(25)14-23-13-12-16/h2-7,10-11,16-17,23H,8-9,12-14H2,1H3,(H,24,26). The van der Waals surface area contributed by atoms with Gasteiger partial charge in [0.15, 0.2) is 0 Å². The highest BCUT2D eigenvalue weighted by molar-refractivity contribution is 6.09. The monoisotopic (exact) mass is 379 g/mol. The van der Waals surface area contributed by atoms with Crippen molar-refractivity contribution in [2.45, 2.75) is 31.3 Å². The molecule has 0 aromatic heterocycles. The first-order chi connectivity index (χ1) is 13.7. The van der Waals surface area contributed by atoms with Crippen molar-refractivity contribution in [3.05, 3.63) is 59.7 Å². The lowest BCUT2D eigenvalue weighted by atomic mass is 10.1. The molecule has 0 saturated carbocycles. The Bertz CT molecular complexity index is 852. The molecule has 2 fully saturated rings. The minimum atomic E-state index is -0.247. The number of benzene rings is 2. The van der Waals surface area contributed by atoms with Crippen molar-refractivity contribution in [1.82, 2.24) is 10.2 Å². The zero-order valence-corrected chi connectivity index (χ0v) is 16.0. The van der Waals surface area contributed by atoms with Gasteiger partial charge in [0.05, 0.1) is 18.4 Å². The number of para-hydroxylation sites is 1. The molecular weight excluding hydrogens is 354 g/mol. The number of anilines is 1. The van der Waals surface area contributed by atoms with Crippen LogP contribution in [0.1, 0.15) is 40.0 Å². The number of hydrogen-bond donors (Lipinski definition) is 2. The van der Waals surface area contributed by atoms with Gasteiger partial charge in [0.25, 0.3) is 11.8 Å². The number of rotatable bonds is 4. The third-order valence-electron chi connectivity index (χ3n) is 5.65.